The molecule has 178 valence electrons. The van der Waals surface area contributed by atoms with Crippen LogP contribution < -0.4 is 10.6 Å². The molecule has 3 aromatic carbocycles. The van der Waals surface area contributed by atoms with Gasteiger partial charge in [0.25, 0.3) is 0 Å². The van der Waals surface area contributed by atoms with Crippen molar-refractivity contribution in [2.45, 2.75) is 40.5 Å². The number of anilines is 2. The number of amides is 2. The molecule has 5 heteroatoms. The zero-order chi connectivity index (χ0) is 24.5. The summed E-state index contributed by atoms with van der Waals surface area (Å²) in [4.78, 5) is 27.8. The van der Waals surface area contributed by atoms with Gasteiger partial charge in [0, 0.05) is 11.4 Å². The molecule has 0 saturated heterocycles. The predicted molar refractivity (Wildman–Crippen MR) is 140 cm³/mol. The molecule has 2 amide bonds. The number of hydrogen-bond acceptors (Lipinski definition) is 3. The quantitative estimate of drug-likeness (QED) is 0.427. The fourth-order valence-corrected chi connectivity index (χ4v) is 4.15. The third kappa shape index (κ3) is 7.29. The number of carbonyl (C=O) groups excluding carboxylic acids is 2. The minimum Gasteiger partial charge on any atom is -0.324 e. The number of para-hydroxylation sites is 2. The smallest absolute Gasteiger partial charge is 0.238 e. The number of nitrogens with zero attached hydrogens (tertiary/aromatic N) is 1. The van der Waals surface area contributed by atoms with E-state index in [0.717, 1.165) is 46.5 Å². The number of carbonyl (C=O) groups is 2. The minimum atomic E-state index is -0.114. The highest BCUT2D eigenvalue weighted by Gasteiger charge is 2.17. The lowest BCUT2D eigenvalue weighted by Crippen LogP contribution is -2.39. The van der Waals surface area contributed by atoms with Crippen LogP contribution in [0.4, 0.5) is 11.4 Å². The molecule has 0 fully saturated rings. The fourth-order valence-electron chi connectivity index (χ4n) is 4.15. The fraction of sp³-hybridized carbons (Fsp3) is 0.310. The van der Waals surface area contributed by atoms with E-state index in [1.54, 1.807) is 0 Å². The summed E-state index contributed by atoms with van der Waals surface area (Å²) in [6.45, 7) is 8.90. The normalized spacial score (nSPS) is 10.9. The maximum Gasteiger partial charge on any atom is 0.238 e. The maximum absolute atomic E-state index is 12.9. The van der Waals surface area contributed by atoms with Gasteiger partial charge in [-0.15, -0.1) is 0 Å². The van der Waals surface area contributed by atoms with E-state index in [2.05, 4.69) is 22.8 Å². The van der Waals surface area contributed by atoms with E-state index in [9.17, 15) is 9.59 Å². The van der Waals surface area contributed by atoms with Crippen molar-refractivity contribution in [2.75, 3.05) is 30.3 Å². The van der Waals surface area contributed by atoms with E-state index in [-0.39, 0.29) is 24.9 Å². The molecule has 0 atom stereocenters. The van der Waals surface area contributed by atoms with Crippen LogP contribution in [0.5, 0.6) is 0 Å². The summed E-state index contributed by atoms with van der Waals surface area (Å²) in [7, 11) is 0. The molecular weight excluding hydrogens is 422 g/mol. The van der Waals surface area contributed by atoms with Gasteiger partial charge in [-0.1, -0.05) is 66.7 Å². The Bertz CT molecular complexity index is 1020. The van der Waals surface area contributed by atoms with Crippen LogP contribution in [-0.4, -0.2) is 36.3 Å². The van der Waals surface area contributed by atoms with Gasteiger partial charge in [0.2, 0.25) is 11.8 Å². The van der Waals surface area contributed by atoms with E-state index < -0.39 is 0 Å². The monoisotopic (exact) mass is 457 g/mol. The van der Waals surface area contributed by atoms with Crippen LogP contribution in [0, 0.1) is 27.7 Å². The third-order valence-electron chi connectivity index (χ3n) is 6.01. The Morgan fingerprint density at radius 2 is 1.09 bits per heavy atom. The molecule has 0 unspecified atom stereocenters. The molecule has 0 bridgehead atoms. The Hall–Kier alpha value is -3.44. The van der Waals surface area contributed by atoms with Gasteiger partial charge < -0.3 is 10.6 Å². The van der Waals surface area contributed by atoms with Crippen molar-refractivity contribution in [3.63, 3.8) is 0 Å². The van der Waals surface area contributed by atoms with E-state index in [4.69, 9.17) is 0 Å². The highest BCUT2D eigenvalue weighted by atomic mass is 16.2. The number of aryl methyl sites for hydroxylation is 5. The second-order valence-electron chi connectivity index (χ2n) is 8.93. The first-order valence-corrected chi connectivity index (χ1v) is 11.8. The summed E-state index contributed by atoms with van der Waals surface area (Å²) in [6, 6.07) is 22.2. The van der Waals surface area contributed by atoms with Crippen LogP contribution in [-0.2, 0) is 16.0 Å². The summed E-state index contributed by atoms with van der Waals surface area (Å²) < 4.78 is 0. The van der Waals surface area contributed by atoms with Gasteiger partial charge in [0.05, 0.1) is 13.1 Å². The van der Waals surface area contributed by atoms with E-state index in [0.29, 0.717) is 6.54 Å². The van der Waals surface area contributed by atoms with Crippen molar-refractivity contribution in [1.82, 2.24) is 4.90 Å². The van der Waals surface area contributed by atoms with Crippen LogP contribution in [0.2, 0.25) is 0 Å². The van der Waals surface area contributed by atoms with Gasteiger partial charge >= 0.3 is 0 Å². The Morgan fingerprint density at radius 1 is 0.647 bits per heavy atom. The molecular formula is C29H35N3O2. The van der Waals surface area contributed by atoms with Gasteiger partial charge in [0.1, 0.15) is 0 Å². The zero-order valence-electron chi connectivity index (χ0n) is 20.7. The van der Waals surface area contributed by atoms with Crippen LogP contribution >= 0.6 is 0 Å². The van der Waals surface area contributed by atoms with E-state index in [1.165, 1.54) is 5.56 Å². The molecule has 0 aliphatic heterocycles. The average molecular weight is 458 g/mol. The molecule has 5 nitrogen and oxygen atoms in total. The number of rotatable bonds is 10. The topological polar surface area (TPSA) is 61.4 Å². The van der Waals surface area contributed by atoms with Crippen molar-refractivity contribution in [3.05, 3.63) is 94.5 Å². The van der Waals surface area contributed by atoms with Crippen LogP contribution in [0.15, 0.2) is 66.7 Å². The van der Waals surface area contributed by atoms with Crippen LogP contribution in [0.25, 0.3) is 0 Å². The molecule has 34 heavy (non-hydrogen) atoms. The van der Waals surface area contributed by atoms with Gasteiger partial charge in [-0.25, -0.2) is 0 Å². The third-order valence-corrected chi connectivity index (χ3v) is 6.01. The molecule has 0 saturated carbocycles. The van der Waals surface area contributed by atoms with Gasteiger partial charge in [0.15, 0.2) is 0 Å². The summed E-state index contributed by atoms with van der Waals surface area (Å²) in [5, 5.41) is 6.09. The molecule has 0 radical (unpaired) electrons. The molecule has 3 aromatic rings. The van der Waals surface area contributed by atoms with Crippen molar-refractivity contribution in [1.29, 1.82) is 0 Å². The first-order chi connectivity index (χ1) is 16.3. The maximum atomic E-state index is 12.9. The second kappa shape index (κ2) is 12.1. The molecule has 0 aliphatic carbocycles. The Kier molecular flexibility index (Phi) is 9.00. The van der Waals surface area contributed by atoms with Crippen LogP contribution in [0.3, 0.4) is 0 Å². The lowest BCUT2D eigenvalue weighted by Gasteiger charge is -2.22. The van der Waals surface area contributed by atoms with Gasteiger partial charge in [-0.2, -0.15) is 0 Å². The van der Waals surface area contributed by atoms with Crippen molar-refractivity contribution in [3.8, 4) is 0 Å². The lowest BCUT2D eigenvalue weighted by atomic mass is 10.1. The van der Waals surface area contributed by atoms with Crippen molar-refractivity contribution < 1.29 is 9.59 Å². The second-order valence-corrected chi connectivity index (χ2v) is 8.93. The lowest BCUT2D eigenvalue weighted by molar-refractivity contribution is -0.120. The van der Waals surface area contributed by atoms with E-state index >= 15 is 0 Å². The molecule has 0 heterocycles. The number of nitrogens with one attached hydrogen (secondary N) is 2. The Morgan fingerprint density at radius 3 is 1.53 bits per heavy atom. The molecule has 0 spiro atoms. The summed E-state index contributed by atoms with van der Waals surface area (Å²) >= 11 is 0. The first kappa shape index (κ1) is 25.2. The van der Waals surface area contributed by atoms with Crippen LogP contribution in [0.1, 0.15) is 34.2 Å². The van der Waals surface area contributed by atoms with Gasteiger partial charge in [-0.3, -0.25) is 14.5 Å². The zero-order valence-corrected chi connectivity index (χ0v) is 20.7. The minimum absolute atomic E-state index is 0.114. The summed E-state index contributed by atoms with van der Waals surface area (Å²) in [6.07, 6.45) is 1.76. The Balaban J connectivity index is 1.66. The number of hydrogen-bond donors (Lipinski definition) is 2. The standard InChI is InChI=1S/C29H35N3O2/c1-21-11-8-12-22(2)28(21)30-26(33)19-32(18-10-17-25-15-6-5-7-16-25)20-27(34)31-29-23(3)13-9-14-24(29)4/h5-9,11-16H,10,17-20H2,1-4H3,(H,30,33)(H,31,34). The number of benzene rings is 3. The molecule has 2 N–H and O–H groups in total. The van der Waals surface area contributed by atoms with E-state index in [1.807, 2.05) is 87.2 Å². The molecule has 0 aromatic heterocycles. The largest absolute Gasteiger partial charge is 0.324 e. The first-order valence-electron chi connectivity index (χ1n) is 11.8. The highest BCUT2D eigenvalue weighted by molar-refractivity contribution is 5.96. The Labute approximate surface area is 203 Å². The molecule has 0 aliphatic rings. The highest BCUT2D eigenvalue weighted by Crippen LogP contribution is 2.20. The molecule has 3 rings (SSSR count). The summed E-state index contributed by atoms with van der Waals surface area (Å²) in [5.74, 6) is -0.228. The van der Waals surface area contributed by atoms with Crippen molar-refractivity contribution in [2.24, 2.45) is 0 Å². The SMILES string of the molecule is Cc1cccc(C)c1NC(=O)CN(CCCc1ccccc1)CC(=O)Nc1c(C)cccc1C. The van der Waals surface area contributed by atoms with Gasteiger partial charge in [-0.05, 0) is 74.9 Å². The predicted octanol–water partition coefficient (Wildman–Crippen LogP) is 5.43. The average Bonchev–Trinajstić information content (AvgIpc) is 2.79. The summed E-state index contributed by atoms with van der Waals surface area (Å²) in [5.41, 5.74) is 7.04. The van der Waals surface area contributed by atoms with Crippen molar-refractivity contribution >= 4 is 23.2 Å².